The van der Waals surface area contributed by atoms with Crippen LogP contribution in [0.4, 0.5) is 0 Å². The van der Waals surface area contributed by atoms with Crippen molar-refractivity contribution in [2.24, 2.45) is 0 Å². The number of hydrogen-bond donors (Lipinski definition) is 0. The van der Waals surface area contributed by atoms with Gasteiger partial charge in [0, 0.05) is 18.8 Å². The largest absolute Gasteiger partial charge is 0.295 e. The van der Waals surface area contributed by atoms with Crippen molar-refractivity contribution < 1.29 is 8.42 Å². The second kappa shape index (κ2) is 6.95. The lowest BCUT2D eigenvalue weighted by molar-refractivity contribution is 0.253. The predicted molar refractivity (Wildman–Crippen MR) is 90.6 cm³/mol. The molecule has 0 heterocycles. The van der Waals surface area contributed by atoms with Crippen molar-refractivity contribution in [3.63, 3.8) is 0 Å². The summed E-state index contributed by atoms with van der Waals surface area (Å²) < 4.78 is 23.0. The Balaban J connectivity index is 2.17. The van der Waals surface area contributed by atoms with Crippen LogP contribution in [0.3, 0.4) is 0 Å². The zero-order chi connectivity index (χ0) is 17.0. The molecule has 0 bridgehead atoms. The number of benzene rings is 2. The highest BCUT2D eigenvalue weighted by molar-refractivity contribution is 7.90. The lowest BCUT2D eigenvalue weighted by atomic mass is 10.0. The predicted octanol–water partition coefficient (Wildman–Crippen LogP) is 3.15. The fourth-order valence-electron chi connectivity index (χ4n) is 2.42. The summed E-state index contributed by atoms with van der Waals surface area (Å²) in [6.45, 7) is 2.71. The summed E-state index contributed by atoms with van der Waals surface area (Å²) in [5, 5.41) is 9.17. The van der Waals surface area contributed by atoms with Gasteiger partial charge in [-0.15, -0.1) is 0 Å². The van der Waals surface area contributed by atoms with Crippen molar-refractivity contribution in [1.82, 2.24) is 4.90 Å². The van der Waals surface area contributed by atoms with Gasteiger partial charge in [-0.1, -0.05) is 30.3 Å². The SMILES string of the molecule is C[C@@H](c1ccc(S(C)(=O)=O)cc1)N(C)Cc1ccccc1C#N. The van der Waals surface area contributed by atoms with E-state index in [1.165, 1.54) is 6.26 Å². The summed E-state index contributed by atoms with van der Waals surface area (Å²) in [6.07, 6.45) is 1.20. The van der Waals surface area contributed by atoms with Crippen LogP contribution >= 0.6 is 0 Å². The molecular formula is C18H20N2O2S. The average molecular weight is 328 g/mol. The first-order valence-corrected chi connectivity index (χ1v) is 9.20. The van der Waals surface area contributed by atoms with Gasteiger partial charge >= 0.3 is 0 Å². The lowest BCUT2D eigenvalue weighted by Crippen LogP contribution is -2.22. The molecule has 120 valence electrons. The normalized spacial score (nSPS) is 12.8. The lowest BCUT2D eigenvalue weighted by Gasteiger charge is -2.25. The van der Waals surface area contributed by atoms with Crippen LogP contribution in [0.1, 0.15) is 29.7 Å². The fourth-order valence-corrected chi connectivity index (χ4v) is 3.05. The van der Waals surface area contributed by atoms with Gasteiger partial charge in [0.05, 0.1) is 16.5 Å². The summed E-state index contributed by atoms with van der Waals surface area (Å²) in [4.78, 5) is 2.46. The highest BCUT2D eigenvalue weighted by Crippen LogP contribution is 2.23. The van der Waals surface area contributed by atoms with E-state index < -0.39 is 9.84 Å². The minimum Gasteiger partial charge on any atom is -0.295 e. The molecule has 0 aliphatic carbocycles. The molecule has 0 saturated heterocycles. The second-order valence-corrected chi connectivity index (χ2v) is 7.72. The third-order valence-electron chi connectivity index (χ3n) is 4.01. The minimum atomic E-state index is -3.17. The van der Waals surface area contributed by atoms with Crippen molar-refractivity contribution >= 4 is 9.84 Å². The number of sulfone groups is 1. The van der Waals surface area contributed by atoms with Gasteiger partial charge in [-0.25, -0.2) is 8.42 Å². The van der Waals surface area contributed by atoms with Crippen LogP contribution < -0.4 is 0 Å². The number of rotatable bonds is 5. The maximum absolute atomic E-state index is 11.5. The van der Waals surface area contributed by atoms with E-state index in [0.29, 0.717) is 17.0 Å². The molecule has 5 heteroatoms. The van der Waals surface area contributed by atoms with E-state index in [-0.39, 0.29) is 6.04 Å². The average Bonchev–Trinajstić information content (AvgIpc) is 2.54. The number of nitriles is 1. The fraction of sp³-hybridized carbons (Fsp3) is 0.278. The van der Waals surface area contributed by atoms with Crippen LogP contribution in [0.25, 0.3) is 0 Å². The summed E-state index contributed by atoms with van der Waals surface area (Å²) in [7, 11) is -1.18. The van der Waals surface area contributed by atoms with Gasteiger partial charge in [0.15, 0.2) is 9.84 Å². The monoisotopic (exact) mass is 328 g/mol. The third-order valence-corrected chi connectivity index (χ3v) is 5.14. The van der Waals surface area contributed by atoms with Crippen LogP contribution in [0.5, 0.6) is 0 Å². The van der Waals surface area contributed by atoms with Crippen molar-refractivity contribution in [3.8, 4) is 6.07 Å². The Morgan fingerprint density at radius 3 is 2.30 bits per heavy atom. The molecule has 2 aromatic carbocycles. The van der Waals surface area contributed by atoms with E-state index >= 15 is 0 Å². The summed E-state index contributed by atoms with van der Waals surface area (Å²) >= 11 is 0. The molecule has 0 aliphatic heterocycles. The van der Waals surface area contributed by atoms with Crippen LogP contribution in [0.2, 0.25) is 0 Å². The van der Waals surface area contributed by atoms with E-state index in [0.717, 1.165) is 11.1 Å². The first kappa shape index (κ1) is 17.2. The van der Waals surface area contributed by atoms with E-state index in [4.69, 9.17) is 5.26 Å². The molecule has 0 radical (unpaired) electrons. The zero-order valence-corrected chi connectivity index (χ0v) is 14.3. The molecule has 2 aromatic rings. The van der Waals surface area contributed by atoms with Crippen LogP contribution in [-0.2, 0) is 16.4 Å². The molecule has 0 amide bonds. The molecule has 0 fully saturated rings. The standard InChI is InChI=1S/C18H20N2O2S/c1-14(15-8-10-18(11-9-15)23(3,21)22)20(2)13-17-7-5-4-6-16(17)12-19/h4-11,14H,13H2,1-3H3/t14-/m0/s1. The van der Waals surface area contributed by atoms with Gasteiger partial charge in [-0.2, -0.15) is 5.26 Å². The Morgan fingerprint density at radius 1 is 1.13 bits per heavy atom. The van der Waals surface area contributed by atoms with Crippen LogP contribution in [0, 0.1) is 11.3 Å². The highest BCUT2D eigenvalue weighted by Gasteiger charge is 2.15. The molecule has 4 nitrogen and oxygen atoms in total. The van der Waals surface area contributed by atoms with Crippen LogP contribution in [-0.4, -0.2) is 26.6 Å². The zero-order valence-electron chi connectivity index (χ0n) is 13.5. The Bertz CT molecular complexity index is 821. The van der Waals surface area contributed by atoms with E-state index in [1.54, 1.807) is 12.1 Å². The first-order valence-electron chi connectivity index (χ1n) is 7.31. The Hall–Kier alpha value is -2.16. The van der Waals surface area contributed by atoms with Crippen molar-refractivity contribution in [2.75, 3.05) is 13.3 Å². The van der Waals surface area contributed by atoms with Crippen molar-refractivity contribution in [1.29, 1.82) is 5.26 Å². The molecule has 0 saturated carbocycles. The molecule has 2 rings (SSSR count). The molecule has 0 N–H and O–H groups in total. The first-order chi connectivity index (χ1) is 10.8. The minimum absolute atomic E-state index is 0.107. The summed E-state index contributed by atoms with van der Waals surface area (Å²) in [5.74, 6) is 0. The second-order valence-electron chi connectivity index (χ2n) is 5.70. The smallest absolute Gasteiger partial charge is 0.175 e. The van der Waals surface area contributed by atoms with Gasteiger partial charge in [-0.3, -0.25) is 4.90 Å². The molecule has 23 heavy (non-hydrogen) atoms. The Labute approximate surface area is 137 Å². The number of nitrogens with zero attached hydrogens (tertiary/aromatic N) is 2. The molecule has 0 aliphatic rings. The molecule has 0 unspecified atom stereocenters. The molecule has 0 spiro atoms. The Morgan fingerprint density at radius 2 is 1.74 bits per heavy atom. The van der Waals surface area contributed by atoms with E-state index in [2.05, 4.69) is 17.9 Å². The van der Waals surface area contributed by atoms with Gasteiger partial charge in [0.1, 0.15) is 0 Å². The van der Waals surface area contributed by atoms with Crippen molar-refractivity contribution in [2.45, 2.75) is 24.4 Å². The summed E-state index contributed by atoms with van der Waals surface area (Å²) in [5.41, 5.74) is 2.70. The van der Waals surface area contributed by atoms with E-state index in [9.17, 15) is 8.42 Å². The van der Waals surface area contributed by atoms with Crippen LogP contribution in [0.15, 0.2) is 53.4 Å². The highest BCUT2D eigenvalue weighted by atomic mass is 32.2. The van der Waals surface area contributed by atoms with Crippen molar-refractivity contribution in [3.05, 3.63) is 65.2 Å². The molecule has 0 aromatic heterocycles. The number of hydrogen-bond acceptors (Lipinski definition) is 4. The van der Waals surface area contributed by atoms with Gasteiger partial charge in [-0.05, 0) is 43.3 Å². The molecule has 1 atom stereocenters. The van der Waals surface area contributed by atoms with Gasteiger partial charge in [0.2, 0.25) is 0 Å². The third kappa shape index (κ3) is 4.19. The maximum atomic E-state index is 11.5. The topological polar surface area (TPSA) is 61.2 Å². The van der Waals surface area contributed by atoms with E-state index in [1.807, 2.05) is 43.4 Å². The Kier molecular flexibility index (Phi) is 5.19. The summed E-state index contributed by atoms with van der Waals surface area (Å²) in [6, 6.07) is 16.8. The van der Waals surface area contributed by atoms with Gasteiger partial charge in [0.25, 0.3) is 0 Å². The molecular weight excluding hydrogens is 308 g/mol. The van der Waals surface area contributed by atoms with Gasteiger partial charge < -0.3 is 0 Å². The quantitative estimate of drug-likeness (QED) is 0.846. The maximum Gasteiger partial charge on any atom is 0.175 e.